The fourth-order valence-electron chi connectivity index (χ4n) is 7.20. The molecule has 0 aliphatic heterocycles. The van der Waals surface area contributed by atoms with Gasteiger partial charge in [0.15, 0.2) is 0 Å². The Morgan fingerprint density at radius 2 is 1.80 bits per heavy atom. The first-order valence-corrected chi connectivity index (χ1v) is 10.7. The van der Waals surface area contributed by atoms with Crippen LogP contribution in [0.25, 0.3) is 0 Å². The fourth-order valence-corrected chi connectivity index (χ4v) is 7.20. The standard InChI is InChI=1S/C23H38O2/c1-21(2,3)25-16-10-12-22(4)15(14-16)6-7-17-18-8-9-20(24)23(18,5)13-11-19(17)22/h6,16-20,24H,7-14H2,1-5H3/t16-,17+,18-,19-,20-,22-,23-/m0/s1. The Morgan fingerprint density at radius 3 is 2.52 bits per heavy atom. The van der Waals surface area contributed by atoms with Gasteiger partial charge in [-0.3, -0.25) is 0 Å². The quantitative estimate of drug-likeness (QED) is 0.636. The van der Waals surface area contributed by atoms with E-state index < -0.39 is 0 Å². The minimum absolute atomic E-state index is 0.0389. The van der Waals surface area contributed by atoms with Gasteiger partial charge in [0.1, 0.15) is 0 Å². The van der Waals surface area contributed by atoms with Crippen molar-refractivity contribution in [2.24, 2.45) is 28.6 Å². The summed E-state index contributed by atoms with van der Waals surface area (Å²) in [5.41, 5.74) is 2.23. The minimum Gasteiger partial charge on any atom is -0.393 e. The van der Waals surface area contributed by atoms with Crippen molar-refractivity contribution < 1.29 is 9.84 Å². The Balaban J connectivity index is 1.56. The lowest BCUT2D eigenvalue weighted by Gasteiger charge is -2.58. The van der Waals surface area contributed by atoms with Crippen molar-refractivity contribution in [2.45, 2.75) is 104 Å². The zero-order valence-electron chi connectivity index (χ0n) is 17.0. The number of allylic oxidation sites excluding steroid dienone is 1. The van der Waals surface area contributed by atoms with Gasteiger partial charge < -0.3 is 9.84 Å². The van der Waals surface area contributed by atoms with Crippen molar-refractivity contribution in [3.05, 3.63) is 11.6 Å². The van der Waals surface area contributed by atoms with Gasteiger partial charge in [0.25, 0.3) is 0 Å². The number of ether oxygens (including phenoxy) is 1. The number of rotatable bonds is 1. The van der Waals surface area contributed by atoms with Gasteiger partial charge in [0, 0.05) is 0 Å². The summed E-state index contributed by atoms with van der Waals surface area (Å²) >= 11 is 0. The summed E-state index contributed by atoms with van der Waals surface area (Å²) in [6, 6.07) is 0. The highest BCUT2D eigenvalue weighted by Gasteiger charge is 2.58. The molecule has 0 aromatic carbocycles. The van der Waals surface area contributed by atoms with Crippen molar-refractivity contribution in [3.8, 4) is 0 Å². The first-order valence-electron chi connectivity index (χ1n) is 10.7. The second-order valence-electron chi connectivity index (χ2n) is 11.0. The SMILES string of the molecule is CC(C)(C)O[C@H]1CC[C@@]2(C)C(=CC[C@@H]3[C@@H]4CC[C@H](O)[C@@]4(C)CC[C@@H]32)C1. The second kappa shape index (κ2) is 5.83. The third-order valence-electron chi connectivity index (χ3n) is 8.53. The Hall–Kier alpha value is -0.340. The molecule has 7 atom stereocenters. The normalized spacial score (nSPS) is 49.8. The fraction of sp³-hybridized carbons (Fsp3) is 0.913. The maximum atomic E-state index is 10.6. The van der Waals surface area contributed by atoms with Crippen LogP contribution in [0.4, 0.5) is 0 Å². The van der Waals surface area contributed by atoms with Crippen LogP contribution in [0, 0.1) is 28.6 Å². The van der Waals surface area contributed by atoms with Gasteiger partial charge in [-0.05, 0) is 101 Å². The lowest BCUT2D eigenvalue weighted by atomic mass is 9.48. The predicted molar refractivity (Wildman–Crippen MR) is 102 cm³/mol. The van der Waals surface area contributed by atoms with E-state index in [4.69, 9.17) is 4.74 Å². The van der Waals surface area contributed by atoms with Crippen molar-refractivity contribution in [1.82, 2.24) is 0 Å². The van der Waals surface area contributed by atoms with Gasteiger partial charge >= 0.3 is 0 Å². The topological polar surface area (TPSA) is 29.5 Å². The van der Waals surface area contributed by atoms with Gasteiger partial charge in [-0.25, -0.2) is 0 Å². The molecule has 0 aromatic rings. The zero-order chi connectivity index (χ0) is 18.0. The van der Waals surface area contributed by atoms with Crippen LogP contribution in [0.15, 0.2) is 11.6 Å². The molecule has 0 aromatic heterocycles. The third-order valence-corrected chi connectivity index (χ3v) is 8.53. The van der Waals surface area contributed by atoms with Crippen molar-refractivity contribution in [3.63, 3.8) is 0 Å². The van der Waals surface area contributed by atoms with Crippen LogP contribution >= 0.6 is 0 Å². The maximum absolute atomic E-state index is 10.6. The molecule has 0 unspecified atom stereocenters. The summed E-state index contributed by atoms with van der Waals surface area (Å²) in [7, 11) is 0. The van der Waals surface area contributed by atoms with E-state index in [1.165, 1.54) is 38.5 Å². The molecule has 142 valence electrons. The molecule has 3 fully saturated rings. The van der Waals surface area contributed by atoms with Crippen molar-refractivity contribution in [2.75, 3.05) is 0 Å². The van der Waals surface area contributed by atoms with Crippen LogP contribution in [0.5, 0.6) is 0 Å². The van der Waals surface area contributed by atoms with Gasteiger partial charge in [-0.1, -0.05) is 25.5 Å². The molecule has 3 saturated carbocycles. The van der Waals surface area contributed by atoms with Gasteiger partial charge in [0.05, 0.1) is 17.8 Å². The Kier molecular flexibility index (Phi) is 4.21. The number of hydrogen-bond donors (Lipinski definition) is 1. The molecule has 2 heteroatoms. The summed E-state index contributed by atoms with van der Waals surface area (Å²) in [6.45, 7) is 11.5. The largest absolute Gasteiger partial charge is 0.393 e. The van der Waals surface area contributed by atoms with Crippen LogP contribution in [0.1, 0.15) is 86.0 Å². The molecule has 4 rings (SSSR count). The average Bonchev–Trinajstić information content (AvgIpc) is 2.82. The maximum Gasteiger partial charge on any atom is 0.0619 e. The molecular weight excluding hydrogens is 308 g/mol. The van der Waals surface area contributed by atoms with Crippen LogP contribution < -0.4 is 0 Å². The van der Waals surface area contributed by atoms with E-state index in [2.05, 4.69) is 40.7 Å². The van der Waals surface area contributed by atoms with Gasteiger partial charge in [-0.15, -0.1) is 0 Å². The van der Waals surface area contributed by atoms with E-state index in [0.29, 0.717) is 11.5 Å². The number of aliphatic hydroxyl groups excluding tert-OH is 1. The minimum atomic E-state index is -0.0624. The van der Waals surface area contributed by atoms with E-state index in [1.807, 2.05) is 0 Å². The second-order valence-corrected chi connectivity index (χ2v) is 11.0. The first kappa shape index (κ1) is 18.0. The lowest BCUT2D eigenvalue weighted by Crippen LogP contribution is -2.51. The lowest BCUT2D eigenvalue weighted by molar-refractivity contribution is -0.0988. The van der Waals surface area contributed by atoms with Crippen LogP contribution in [0.2, 0.25) is 0 Å². The summed E-state index contributed by atoms with van der Waals surface area (Å²) in [5.74, 6) is 2.36. The molecular formula is C23H38O2. The Morgan fingerprint density at radius 1 is 1.04 bits per heavy atom. The van der Waals surface area contributed by atoms with E-state index in [9.17, 15) is 5.11 Å². The molecule has 0 heterocycles. The van der Waals surface area contributed by atoms with Crippen LogP contribution in [-0.2, 0) is 4.74 Å². The number of hydrogen-bond acceptors (Lipinski definition) is 2. The first-order chi connectivity index (χ1) is 11.6. The molecule has 0 radical (unpaired) electrons. The highest BCUT2D eigenvalue weighted by molar-refractivity contribution is 5.25. The van der Waals surface area contributed by atoms with Crippen molar-refractivity contribution in [1.29, 1.82) is 0 Å². The molecule has 1 N–H and O–H groups in total. The molecule has 0 saturated heterocycles. The smallest absolute Gasteiger partial charge is 0.0619 e. The van der Waals surface area contributed by atoms with E-state index in [1.54, 1.807) is 5.57 Å². The summed E-state index contributed by atoms with van der Waals surface area (Å²) in [4.78, 5) is 0. The molecule has 25 heavy (non-hydrogen) atoms. The monoisotopic (exact) mass is 346 g/mol. The van der Waals surface area contributed by atoms with Gasteiger partial charge in [-0.2, -0.15) is 0 Å². The number of fused-ring (bicyclic) bond motifs is 5. The van der Waals surface area contributed by atoms with E-state index >= 15 is 0 Å². The van der Waals surface area contributed by atoms with Crippen LogP contribution in [-0.4, -0.2) is 22.9 Å². The third kappa shape index (κ3) is 2.83. The molecule has 0 amide bonds. The summed E-state index contributed by atoms with van der Waals surface area (Å²) in [6.07, 6.45) is 12.6. The van der Waals surface area contributed by atoms with E-state index in [-0.39, 0.29) is 17.1 Å². The summed E-state index contributed by atoms with van der Waals surface area (Å²) in [5, 5.41) is 10.6. The zero-order valence-corrected chi connectivity index (χ0v) is 17.0. The Bertz CT molecular complexity index is 559. The van der Waals surface area contributed by atoms with Crippen molar-refractivity contribution >= 4 is 0 Å². The Labute approximate surface area is 154 Å². The molecule has 2 nitrogen and oxygen atoms in total. The predicted octanol–water partition coefficient (Wildman–Crippen LogP) is 5.49. The van der Waals surface area contributed by atoms with Gasteiger partial charge in [0.2, 0.25) is 0 Å². The van der Waals surface area contributed by atoms with Crippen LogP contribution in [0.3, 0.4) is 0 Å². The molecule has 0 bridgehead atoms. The molecule has 4 aliphatic rings. The molecule has 4 aliphatic carbocycles. The molecule has 0 spiro atoms. The van der Waals surface area contributed by atoms with E-state index in [0.717, 1.165) is 30.6 Å². The highest BCUT2D eigenvalue weighted by atomic mass is 16.5. The summed E-state index contributed by atoms with van der Waals surface area (Å²) < 4.78 is 6.33. The highest BCUT2D eigenvalue weighted by Crippen LogP contribution is 2.64. The number of aliphatic hydroxyl groups is 1. The average molecular weight is 347 g/mol.